The fraction of sp³-hybridized carbons (Fsp3) is 0.704. The smallest absolute Gasteiger partial charge is 0.306 e. The molecule has 0 bridgehead atoms. The summed E-state index contributed by atoms with van der Waals surface area (Å²) in [5.74, 6) is -0.918. The first-order chi connectivity index (χ1) is 38.0. The molecule has 0 rings (SSSR count). The summed E-state index contributed by atoms with van der Waals surface area (Å²) in [5.41, 5.74) is 0. The van der Waals surface area contributed by atoms with Crippen molar-refractivity contribution in [2.45, 2.75) is 309 Å². The van der Waals surface area contributed by atoms with Gasteiger partial charge in [0.05, 0.1) is 0 Å². The topological polar surface area (TPSA) is 78.9 Å². The second-order valence-electron chi connectivity index (χ2n) is 21.3. The van der Waals surface area contributed by atoms with Crippen LogP contribution in [0.25, 0.3) is 0 Å². The van der Waals surface area contributed by atoms with Crippen molar-refractivity contribution in [2.24, 2.45) is 0 Å². The Kier molecular flexibility index (Phi) is 61.3. The summed E-state index contributed by atoms with van der Waals surface area (Å²) in [6.07, 6.45) is 88.1. The normalized spacial score (nSPS) is 12.8. The van der Waals surface area contributed by atoms with E-state index in [1.807, 2.05) is 0 Å². The van der Waals surface area contributed by atoms with E-state index in [1.54, 1.807) is 0 Å². The molecule has 0 saturated carbocycles. The van der Waals surface area contributed by atoms with Gasteiger partial charge in [-0.2, -0.15) is 0 Å². The molecule has 0 aromatic heterocycles. The Morgan fingerprint density at radius 1 is 0.273 bits per heavy atom. The fourth-order valence-electron chi connectivity index (χ4n) is 8.99. The lowest BCUT2D eigenvalue weighted by atomic mass is 10.0. The molecule has 0 fully saturated rings. The van der Waals surface area contributed by atoms with Crippen molar-refractivity contribution in [2.75, 3.05) is 13.2 Å². The quantitative estimate of drug-likeness (QED) is 0.0261. The molecule has 0 aromatic rings. The summed E-state index contributed by atoms with van der Waals surface area (Å²) in [7, 11) is 0. The minimum absolute atomic E-state index is 0.0907. The number of esters is 3. The fourth-order valence-corrected chi connectivity index (χ4v) is 8.99. The van der Waals surface area contributed by atoms with E-state index in [-0.39, 0.29) is 31.1 Å². The number of hydrogen-bond donors (Lipinski definition) is 0. The largest absolute Gasteiger partial charge is 0.462 e. The molecular weight excluding hydrogens is 949 g/mol. The van der Waals surface area contributed by atoms with E-state index >= 15 is 0 Å². The van der Waals surface area contributed by atoms with Gasteiger partial charge in [-0.25, -0.2) is 0 Å². The average Bonchev–Trinajstić information content (AvgIpc) is 3.43. The highest BCUT2D eigenvalue weighted by atomic mass is 16.6. The highest BCUT2D eigenvalue weighted by molar-refractivity contribution is 5.71. The summed E-state index contributed by atoms with van der Waals surface area (Å²) in [6.45, 7) is 6.41. The summed E-state index contributed by atoms with van der Waals surface area (Å²) >= 11 is 0. The van der Waals surface area contributed by atoms with E-state index in [4.69, 9.17) is 14.2 Å². The van der Waals surface area contributed by atoms with Crippen LogP contribution in [0.5, 0.6) is 0 Å². The molecule has 1 atom stereocenters. The Hall–Kier alpha value is -3.93. The van der Waals surface area contributed by atoms with Crippen molar-refractivity contribution in [1.29, 1.82) is 0 Å². The Morgan fingerprint density at radius 2 is 0.506 bits per heavy atom. The van der Waals surface area contributed by atoms with E-state index in [0.717, 1.165) is 128 Å². The minimum atomic E-state index is -0.794. The summed E-state index contributed by atoms with van der Waals surface area (Å²) in [5, 5.41) is 0. The average molecular weight is 1070 g/mol. The Balaban J connectivity index is 4.34. The van der Waals surface area contributed by atoms with Crippen molar-refractivity contribution in [1.82, 2.24) is 0 Å². The van der Waals surface area contributed by atoms with Crippen LogP contribution in [0, 0.1) is 0 Å². The highest BCUT2D eigenvalue weighted by Gasteiger charge is 2.19. The molecule has 0 N–H and O–H groups in total. The lowest BCUT2D eigenvalue weighted by Crippen LogP contribution is -2.30. The first-order valence-electron chi connectivity index (χ1n) is 32.4. The van der Waals surface area contributed by atoms with Gasteiger partial charge in [-0.1, -0.05) is 291 Å². The van der Waals surface area contributed by atoms with Gasteiger partial charge in [0, 0.05) is 19.3 Å². The SMILES string of the molecule is CC/C=C\C/C=C\C/C=C\C/C=C\C/C=C\C/C=C\CCCCCCCCCCC(=O)OCC(COC(=O)CCCCC/C=C\C/C=C\C/C=C\CC)OC(=O)CCCCCCCCCCCCCCCCCCCCC. The summed E-state index contributed by atoms with van der Waals surface area (Å²) in [4.78, 5) is 38.3. The van der Waals surface area contributed by atoms with Gasteiger partial charge in [0.1, 0.15) is 13.2 Å². The predicted molar refractivity (Wildman–Crippen MR) is 334 cm³/mol. The number of carbonyl (C=O) groups excluding carboxylic acids is 3. The van der Waals surface area contributed by atoms with E-state index in [0.29, 0.717) is 19.3 Å². The number of ether oxygens (including phenoxy) is 3. The molecule has 6 nitrogen and oxygen atoms in total. The van der Waals surface area contributed by atoms with E-state index in [1.165, 1.54) is 135 Å². The van der Waals surface area contributed by atoms with Gasteiger partial charge in [0.15, 0.2) is 6.10 Å². The number of allylic oxidation sites excluding steroid dienone is 18. The van der Waals surface area contributed by atoms with E-state index in [2.05, 4.69) is 130 Å². The zero-order chi connectivity index (χ0) is 55.7. The van der Waals surface area contributed by atoms with Crippen LogP contribution in [0.1, 0.15) is 303 Å². The molecule has 0 amide bonds. The van der Waals surface area contributed by atoms with Gasteiger partial charge in [0.2, 0.25) is 0 Å². The van der Waals surface area contributed by atoms with Gasteiger partial charge in [-0.15, -0.1) is 0 Å². The maximum Gasteiger partial charge on any atom is 0.306 e. The molecule has 0 aliphatic heterocycles. The van der Waals surface area contributed by atoms with E-state index < -0.39 is 6.10 Å². The van der Waals surface area contributed by atoms with Gasteiger partial charge in [-0.05, 0) is 103 Å². The van der Waals surface area contributed by atoms with Crippen LogP contribution in [0.4, 0.5) is 0 Å². The van der Waals surface area contributed by atoms with Crippen LogP contribution >= 0.6 is 0 Å². The lowest BCUT2D eigenvalue weighted by Gasteiger charge is -2.18. The van der Waals surface area contributed by atoms with Crippen LogP contribution in [0.2, 0.25) is 0 Å². The molecule has 440 valence electrons. The minimum Gasteiger partial charge on any atom is -0.462 e. The van der Waals surface area contributed by atoms with Gasteiger partial charge in [-0.3, -0.25) is 14.4 Å². The standard InChI is InChI=1S/C71H120O6/c1-4-7-10-13-16-19-22-25-27-29-31-32-33-34-35-36-37-38-40-41-43-46-49-52-55-58-61-64-70(73)76-67-68(66-75-69(72)63-60-57-54-51-48-45-24-21-18-15-12-9-6-3)77-71(74)65-62-59-56-53-50-47-44-42-39-30-28-26-23-20-17-14-11-8-5-2/h7,9-10,12,16,18-19,21,25,27,31-32,34-35,37-38,45,48,68H,4-6,8,11,13-15,17,20,22-24,26,28-30,33,36,39-44,46-47,49-67H2,1-3H3/b10-7-,12-9-,19-16-,21-18-,27-25-,32-31-,35-34-,38-37-,48-45-. The molecule has 0 aliphatic carbocycles. The monoisotopic (exact) mass is 1070 g/mol. The lowest BCUT2D eigenvalue weighted by molar-refractivity contribution is -0.167. The third kappa shape index (κ3) is 62.8. The molecule has 77 heavy (non-hydrogen) atoms. The molecule has 1 unspecified atom stereocenters. The number of carbonyl (C=O) groups is 3. The predicted octanol–water partition coefficient (Wildman–Crippen LogP) is 22.2. The van der Waals surface area contributed by atoms with Crippen molar-refractivity contribution in [3.05, 3.63) is 109 Å². The van der Waals surface area contributed by atoms with Gasteiger partial charge >= 0.3 is 17.9 Å². The van der Waals surface area contributed by atoms with Crippen LogP contribution in [0.15, 0.2) is 109 Å². The Bertz CT molecular complexity index is 1560. The third-order valence-corrected chi connectivity index (χ3v) is 13.8. The third-order valence-electron chi connectivity index (χ3n) is 13.8. The van der Waals surface area contributed by atoms with E-state index in [9.17, 15) is 14.4 Å². The van der Waals surface area contributed by atoms with Gasteiger partial charge in [0.25, 0.3) is 0 Å². The van der Waals surface area contributed by atoms with Crippen LogP contribution < -0.4 is 0 Å². The van der Waals surface area contributed by atoms with Crippen molar-refractivity contribution in [3.8, 4) is 0 Å². The van der Waals surface area contributed by atoms with Crippen LogP contribution in [-0.4, -0.2) is 37.2 Å². The molecule has 6 heteroatoms. The zero-order valence-electron chi connectivity index (χ0n) is 50.4. The molecule has 0 spiro atoms. The Morgan fingerprint density at radius 3 is 0.805 bits per heavy atom. The second kappa shape index (κ2) is 64.6. The van der Waals surface area contributed by atoms with Gasteiger partial charge < -0.3 is 14.2 Å². The van der Waals surface area contributed by atoms with Crippen molar-refractivity contribution < 1.29 is 28.6 Å². The highest BCUT2D eigenvalue weighted by Crippen LogP contribution is 2.17. The van der Waals surface area contributed by atoms with Crippen molar-refractivity contribution in [3.63, 3.8) is 0 Å². The molecule has 0 aliphatic rings. The molecular formula is C71H120O6. The number of hydrogen-bond acceptors (Lipinski definition) is 6. The summed E-state index contributed by atoms with van der Waals surface area (Å²) < 4.78 is 16.9. The molecule has 0 saturated heterocycles. The first-order valence-corrected chi connectivity index (χ1v) is 32.4. The van der Waals surface area contributed by atoms with Crippen molar-refractivity contribution >= 4 is 17.9 Å². The maximum absolute atomic E-state index is 12.9. The van der Waals surface area contributed by atoms with Crippen LogP contribution in [0.3, 0.4) is 0 Å². The van der Waals surface area contributed by atoms with Crippen LogP contribution in [-0.2, 0) is 28.6 Å². The zero-order valence-corrected chi connectivity index (χ0v) is 50.4. The number of rotatable bonds is 58. The molecule has 0 radical (unpaired) electrons. The second-order valence-corrected chi connectivity index (χ2v) is 21.3. The summed E-state index contributed by atoms with van der Waals surface area (Å²) in [6, 6.07) is 0. The Labute approximate surface area is 476 Å². The molecule has 0 aromatic carbocycles. The molecule has 0 heterocycles. The first kappa shape index (κ1) is 73.1. The maximum atomic E-state index is 12.9. The number of unbranched alkanes of at least 4 members (excludes halogenated alkanes) is 29.